The van der Waals surface area contributed by atoms with Gasteiger partial charge in [-0.3, -0.25) is 9.98 Å². The maximum atomic E-state index is 6.32. The van der Waals surface area contributed by atoms with Crippen LogP contribution in [0.3, 0.4) is 0 Å². The molecule has 1 aliphatic heterocycles. The average molecular weight is 616 g/mol. The van der Waals surface area contributed by atoms with Crippen molar-refractivity contribution >= 4 is 19.7 Å². The molecule has 6 unspecified atom stereocenters. The van der Waals surface area contributed by atoms with Crippen LogP contribution in [0.15, 0.2) is 9.98 Å². The number of nitrogens with zero attached hydrogens (tertiary/aromatic N) is 2. The summed E-state index contributed by atoms with van der Waals surface area (Å²) in [5.74, 6) is 4.74. The predicted molar refractivity (Wildman–Crippen MR) is 192 cm³/mol. The largest absolute Gasteiger partial charge is 0.418 e. The van der Waals surface area contributed by atoms with Gasteiger partial charge in [-0.1, -0.05) is 80.1 Å². The van der Waals surface area contributed by atoms with Gasteiger partial charge in [0, 0.05) is 30.1 Å². The van der Waals surface area contributed by atoms with Gasteiger partial charge in [0.25, 0.3) is 0 Å². The summed E-state index contributed by atoms with van der Waals surface area (Å²) < 4.78 is 6.32. The quantitative estimate of drug-likeness (QED) is 0.113. The number of aliphatic imine (C=N–C) groups is 2. The van der Waals surface area contributed by atoms with Crippen molar-refractivity contribution in [3.8, 4) is 0 Å². The fraction of sp³-hybridized carbons (Fsp3) is 0.947. The topological polar surface area (TPSA) is 46.0 Å². The zero-order chi connectivity index (χ0) is 31.6. The molecule has 0 amide bonds. The standard InChI is InChI=1S/C38H73N3OSi/c1-11-28-23-30(13-3)37(31(14-4)24-28)39-27(7)34-19-17-20-35(40-34)36(21-18-22-42-43(8,9)10)41-38-32(15-5)25-29(12-2)26-33(38)16-6/h28-35,37-38,40H,11-26H2,1-10H3. The van der Waals surface area contributed by atoms with Gasteiger partial charge < -0.3 is 9.74 Å². The van der Waals surface area contributed by atoms with Crippen molar-refractivity contribution in [2.45, 2.75) is 189 Å². The minimum atomic E-state index is -1.50. The molecule has 0 bridgehead atoms. The highest BCUT2D eigenvalue weighted by Crippen LogP contribution is 2.42. The van der Waals surface area contributed by atoms with Gasteiger partial charge >= 0.3 is 0 Å². The van der Waals surface area contributed by atoms with Gasteiger partial charge in [-0.2, -0.15) is 0 Å². The molecule has 5 heteroatoms. The first kappa shape index (κ1) is 36.9. The first-order chi connectivity index (χ1) is 20.6. The van der Waals surface area contributed by atoms with E-state index in [0.29, 0.717) is 24.2 Å². The van der Waals surface area contributed by atoms with Gasteiger partial charge in [0.05, 0.1) is 12.1 Å². The second-order valence-electron chi connectivity index (χ2n) is 15.8. The Balaban J connectivity index is 1.83. The predicted octanol–water partition coefficient (Wildman–Crippen LogP) is 10.5. The third-order valence-corrected chi connectivity index (χ3v) is 12.9. The maximum absolute atomic E-state index is 6.32. The third kappa shape index (κ3) is 10.8. The second-order valence-corrected chi connectivity index (χ2v) is 20.3. The van der Waals surface area contributed by atoms with E-state index in [1.165, 1.54) is 94.9 Å². The highest BCUT2D eigenvalue weighted by Gasteiger charge is 2.38. The zero-order valence-electron chi connectivity index (χ0n) is 30.4. The minimum absolute atomic E-state index is 0.384. The zero-order valence-corrected chi connectivity index (χ0v) is 31.4. The molecule has 0 spiro atoms. The lowest BCUT2D eigenvalue weighted by Gasteiger charge is -2.41. The molecule has 3 rings (SSSR count). The molecule has 2 aliphatic carbocycles. The van der Waals surface area contributed by atoms with Gasteiger partial charge in [0.1, 0.15) is 0 Å². The van der Waals surface area contributed by atoms with Gasteiger partial charge in [0.2, 0.25) is 0 Å². The number of piperidine rings is 1. The molecule has 3 fully saturated rings. The summed E-state index contributed by atoms with van der Waals surface area (Å²) in [5.41, 5.74) is 2.82. The minimum Gasteiger partial charge on any atom is -0.418 e. The number of hydrogen-bond acceptors (Lipinski definition) is 4. The Bertz CT molecular complexity index is 838. The third-order valence-electron chi connectivity index (χ3n) is 11.8. The van der Waals surface area contributed by atoms with Crippen LogP contribution >= 0.6 is 0 Å². The second kappa shape index (κ2) is 18.0. The van der Waals surface area contributed by atoms with Crippen LogP contribution < -0.4 is 5.32 Å². The van der Waals surface area contributed by atoms with E-state index in [1.54, 1.807) is 0 Å². The van der Waals surface area contributed by atoms with Crippen LogP contribution in [0, 0.1) is 35.5 Å². The molecular weight excluding hydrogens is 543 g/mol. The van der Waals surface area contributed by atoms with Crippen molar-refractivity contribution in [3.05, 3.63) is 0 Å². The van der Waals surface area contributed by atoms with Gasteiger partial charge in [-0.15, -0.1) is 0 Å². The summed E-state index contributed by atoms with van der Waals surface area (Å²) in [6.07, 6.45) is 19.1. The molecular formula is C38H73N3OSi. The van der Waals surface area contributed by atoms with Crippen molar-refractivity contribution in [1.82, 2.24) is 5.32 Å². The Morgan fingerprint density at radius 1 is 0.674 bits per heavy atom. The van der Waals surface area contributed by atoms with Crippen molar-refractivity contribution in [1.29, 1.82) is 0 Å². The van der Waals surface area contributed by atoms with E-state index in [9.17, 15) is 0 Å². The molecule has 43 heavy (non-hydrogen) atoms. The fourth-order valence-corrected chi connectivity index (χ4v) is 9.72. The number of rotatable bonds is 15. The summed E-state index contributed by atoms with van der Waals surface area (Å²) >= 11 is 0. The van der Waals surface area contributed by atoms with Crippen molar-refractivity contribution < 1.29 is 4.43 Å². The smallest absolute Gasteiger partial charge is 0.183 e. The Morgan fingerprint density at radius 3 is 1.58 bits per heavy atom. The molecule has 0 radical (unpaired) electrons. The molecule has 3 aliphatic rings. The Kier molecular flexibility index (Phi) is 15.4. The van der Waals surface area contributed by atoms with Gasteiger partial charge in [-0.25, -0.2) is 0 Å². The molecule has 6 atom stereocenters. The molecule has 250 valence electrons. The Labute approximate surface area is 269 Å². The summed E-state index contributed by atoms with van der Waals surface area (Å²) in [4.78, 5) is 11.4. The van der Waals surface area contributed by atoms with E-state index in [0.717, 1.165) is 55.0 Å². The normalized spacial score (nSPS) is 36.6. The monoisotopic (exact) mass is 616 g/mol. The molecule has 0 aromatic carbocycles. The lowest BCUT2D eigenvalue weighted by atomic mass is 9.69. The molecule has 2 saturated carbocycles. The van der Waals surface area contributed by atoms with E-state index < -0.39 is 8.32 Å². The van der Waals surface area contributed by atoms with Crippen LogP contribution in [0.5, 0.6) is 0 Å². The molecule has 1 heterocycles. The van der Waals surface area contributed by atoms with E-state index >= 15 is 0 Å². The van der Waals surface area contributed by atoms with Crippen LogP contribution in [0.4, 0.5) is 0 Å². The fourth-order valence-electron chi connectivity index (χ4n) is 8.96. The van der Waals surface area contributed by atoms with E-state index in [-0.39, 0.29) is 0 Å². The van der Waals surface area contributed by atoms with Crippen LogP contribution in [-0.2, 0) is 4.43 Å². The Hall–Kier alpha value is -0.523. The van der Waals surface area contributed by atoms with Crippen molar-refractivity contribution in [2.75, 3.05) is 6.61 Å². The Morgan fingerprint density at radius 2 is 1.14 bits per heavy atom. The summed E-state index contributed by atoms with van der Waals surface area (Å²) in [6, 6.07) is 1.78. The SMILES string of the molecule is CCC1CC(CC)C(N=C(C)C2CCCC(C(CCCO[Si](C)(C)C)=NC3C(CC)CC(CC)CC3CC)N2)C(CC)C1. The maximum Gasteiger partial charge on any atom is 0.183 e. The summed E-state index contributed by atoms with van der Waals surface area (Å²) in [6.45, 7) is 24.6. The van der Waals surface area contributed by atoms with Crippen LogP contribution in [0.2, 0.25) is 19.6 Å². The molecule has 1 N–H and O–H groups in total. The van der Waals surface area contributed by atoms with Gasteiger partial charge in [-0.05, 0) is 120 Å². The van der Waals surface area contributed by atoms with E-state index in [1.807, 2.05) is 0 Å². The highest BCUT2D eigenvalue weighted by atomic mass is 28.4. The lowest BCUT2D eigenvalue weighted by Crippen LogP contribution is -2.51. The van der Waals surface area contributed by atoms with Gasteiger partial charge in [0.15, 0.2) is 8.32 Å². The molecule has 0 aromatic rings. The lowest BCUT2D eigenvalue weighted by molar-refractivity contribution is 0.150. The van der Waals surface area contributed by atoms with E-state index in [4.69, 9.17) is 14.4 Å². The highest BCUT2D eigenvalue weighted by molar-refractivity contribution is 6.69. The van der Waals surface area contributed by atoms with E-state index in [2.05, 4.69) is 73.4 Å². The van der Waals surface area contributed by atoms with Crippen LogP contribution in [0.25, 0.3) is 0 Å². The average Bonchev–Trinajstić information content (AvgIpc) is 3.01. The first-order valence-electron chi connectivity index (χ1n) is 19.1. The summed E-state index contributed by atoms with van der Waals surface area (Å²) in [5, 5.41) is 4.17. The molecule has 0 aromatic heterocycles. The van der Waals surface area contributed by atoms with Crippen LogP contribution in [0.1, 0.15) is 145 Å². The molecule has 4 nitrogen and oxygen atoms in total. The first-order valence-corrected chi connectivity index (χ1v) is 22.5. The van der Waals surface area contributed by atoms with Crippen molar-refractivity contribution in [2.24, 2.45) is 45.5 Å². The van der Waals surface area contributed by atoms with Crippen molar-refractivity contribution in [3.63, 3.8) is 0 Å². The summed E-state index contributed by atoms with van der Waals surface area (Å²) in [7, 11) is -1.50. The number of hydrogen-bond donors (Lipinski definition) is 1. The van der Waals surface area contributed by atoms with Crippen LogP contribution in [-0.4, -0.2) is 50.5 Å². The number of nitrogens with one attached hydrogen (secondary N) is 1. The molecule has 1 saturated heterocycles.